The van der Waals surface area contributed by atoms with Gasteiger partial charge < -0.3 is 15.4 Å². The number of carbonyl (C=O) groups is 1. The highest BCUT2D eigenvalue weighted by Crippen LogP contribution is 2.36. The highest BCUT2D eigenvalue weighted by Gasteiger charge is 2.19. The van der Waals surface area contributed by atoms with Crippen LogP contribution in [0.2, 0.25) is 0 Å². The first-order chi connectivity index (χ1) is 12.7. The van der Waals surface area contributed by atoms with Gasteiger partial charge in [-0.15, -0.1) is 11.3 Å². The van der Waals surface area contributed by atoms with E-state index < -0.39 is 5.97 Å². The monoisotopic (exact) mass is 384 g/mol. The second-order valence-electron chi connectivity index (χ2n) is 5.11. The third-order valence-corrected chi connectivity index (χ3v) is 4.62. The molecule has 2 heterocycles. The molecule has 0 fully saturated rings. The van der Waals surface area contributed by atoms with Crippen molar-refractivity contribution in [2.45, 2.75) is 6.92 Å². The van der Waals surface area contributed by atoms with Gasteiger partial charge in [-0.05, 0) is 30.8 Å². The van der Waals surface area contributed by atoms with Crippen LogP contribution >= 0.6 is 23.6 Å². The number of carbonyl (C=O) groups excluding carboxylic acids is 1. The summed E-state index contributed by atoms with van der Waals surface area (Å²) in [7, 11) is 0. The first-order valence-corrected chi connectivity index (χ1v) is 9.10. The average Bonchev–Trinajstić information content (AvgIpc) is 3.07. The molecule has 0 saturated carbocycles. The van der Waals surface area contributed by atoms with Crippen LogP contribution in [0.25, 0.3) is 10.4 Å². The second kappa shape index (κ2) is 8.50. The number of aromatic nitrogens is 2. The molecule has 0 atom stereocenters. The highest BCUT2D eigenvalue weighted by atomic mass is 32.1. The normalized spacial score (nSPS) is 10.2. The molecule has 8 heteroatoms. The Morgan fingerprint density at radius 2 is 2.04 bits per heavy atom. The van der Waals surface area contributed by atoms with Crippen LogP contribution in [0.3, 0.4) is 0 Å². The van der Waals surface area contributed by atoms with Gasteiger partial charge in [0.1, 0.15) is 5.00 Å². The zero-order chi connectivity index (χ0) is 18.4. The smallest absolute Gasteiger partial charge is 0.341 e. The highest BCUT2D eigenvalue weighted by molar-refractivity contribution is 7.80. The van der Waals surface area contributed by atoms with Gasteiger partial charge in [0.25, 0.3) is 0 Å². The van der Waals surface area contributed by atoms with Crippen molar-refractivity contribution in [3.63, 3.8) is 0 Å². The Hall–Kier alpha value is -2.84. The minimum absolute atomic E-state index is 0.303. The summed E-state index contributed by atoms with van der Waals surface area (Å²) in [4.78, 5) is 21.3. The lowest BCUT2D eigenvalue weighted by Gasteiger charge is -2.09. The molecule has 132 valence electrons. The number of anilines is 2. The van der Waals surface area contributed by atoms with E-state index in [1.807, 2.05) is 36.4 Å². The summed E-state index contributed by atoms with van der Waals surface area (Å²) in [6.45, 7) is 2.08. The van der Waals surface area contributed by atoms with Gasteiger partial charge in [-0.2, -0.15) is 0 Å². The van der Waals surface area contributed by atoms with Crippen molar-refractivity contribution in [3.8, 4) is 10.4 Å². The maximum absolute atomic E-state index is 12.3. The lowest BCUT2D eigenvalue weighted by atomic mass is 10.1. The summed E-state index contributed by atoms with van der Waals surface area (Å²) in [5.74, 6) is 0.123. The second-order valence-corrected chi connectivity index (χ2v) is 6.57. The molecule has 0 bridgehead atoms. The van der Waals surface area contributed by atoms with E-state index in [-0.39, 0.29) is 0 Å². The third kappa shape index (κ3) is 4.41. The minimum atomic E-state index is -0.393. The topological polar surface area (TPSA) is 76.1 Å². The Bertz CT molecular complexity index is 898. The molecular formula is C18H16N4O2S2. The maximum atomic E-state index is 12.3. The summed E-state index contributed by atoms with van der Waals surface area (Å²) >= 11 is 6.75. The van der Waals surface area contributed by atoms with Gasteiger partial charge in [0.2, 0.25) is 0 Å². The fraction of sp³-hybridized carbons (Fsp3) is 0.111. The Morgan fingerprint density at radius 1 is 1.23 bits per heavy atom. The van der Waals surface area contributed by atoms with Crippen molar-refractivity contribution >= 4 is 45.5 Å². The lowest BCUT2D eigenvalue weighted by Crippen LogP contribution is -2.20. The average molecular weight is 384 g/mol. The Balaban J connectivity index is 1.85. The summed E-state index contributed by atoms with van der Waals surface area (Å²) < 4.78 is 5.16. The molecule has 1 aromatic carbocycles. The van der Waals surface area contributed by atoms with Crippen LogP contribution in [-0.2, 0) is 4.74 Å². The van der Waals surface area contributed by atoms with Crippen molar-refractivity contribution in [1.29, 1.82) is 0 Å². The number of nitrogens with one attached hydrogen (secondary N) is 2. The summed E-state index contributed by atoms with van der Waals surface area (Å²) in [6, 6.07) is 11.6. The molecule has 2 aromatic heterocycles. The molecule has 26 heavy (non-hydrogen) atoms. The molecule has 3 rings (SSSR count). The van der Waals surface area contributed by atoms with Crippen LogP contribution in [0.1, 0.15) is 17.3 Å². The van der Waals surface area contributed by atoms with Crippen molar-refractivity contribution in [2.24, 2.45) is 0 Å². The lowest BCUT2D eigenvalue weighted by molar-refractivity contribution is 0.0528. The van der Waals surface area contributed by atoms with E-state index in [1.54, 1.807) is 25.5 Å². The quantitative estimate of drug-likeness (QED) is 0.504. The van der Waals surface area contributed by atoms with E-state index in [9.17, 15) is 4.79 Å². The standard InChI is InChI=1S/C18H16N4O2S2/c1-2-24-17(23)13-10-14(12-6-4-3-5-7-12)26-16(13)22-18(25)21-15-11-19-8-9-20-15/h3-11H,2H2,1H3,(H2,20,21,22,25). The fourth-order valence-corrected chi connectivity index (χ4v) is 3.53. The van der Waals surface area contributed by atoms with Crippen LogP contribution in [0, 0.1) is 0 Å². The largest absolute Gasteiger partial charge is 0.462 e. The van der Waals surface area contributed by atoms with Crippen molar-refractivity contribution < 1.29 is 9.53 Å². The van der Waals surface area contributed by atoms with Crippen LogP contribution in [0.15, 0.2) is 55.0 Å². The van der Waals surface area contributed by atoms with Gasteiger partial charge in [0.05, 0.1) is 18.4 Å². The summed E-state index contributed by atoms with van der Waals surface area (Å²) in [5.41, 5.74) is 1.46. The number of nitrogens with zero attached hydrogens (tertiary/aromatic N) is 2. The van der Waals surface area contributed by atoms with Crippen LogP contribution in [-0.4, -0.2) is 27.7 Å². The number of hydrogen-bond acceptors (Lipinski definition) is 6. The molecule has 0 saturated heterocycles. The maximum Gasteiger partial charge on any atom is 0.341 e. The number of ether oxygens (including phenoxy) is 1. The molecule has 0 radical (unpaired) electrons. The van der Waals surface area contributed by atoms with E-state index in [4.69, 9.17) is 17.0 Å². The summed E-state index contributed by atoms with van der Waals surface area (Å²) in [6.07, 6.45) is 4.70. The molecule has 0 unspecified atom stereocenters. The number of thiophene rings is 1. The predicted octanol–water partition coefficient (Wildman–Crippen LogP) is 4.19. The van der Waals surface area contributed by atoms with E-state index in [0.717, 1.165) is 10.4 Å². The molecule has 3 aromatic rings. The van der Waals surface area contributed by atoms with E-state index in [1.165, 1.54) is 11.3 Å². The first-order valence-electron chi connectivity index (χ1n) is 7.87. The molecular weight excluding hydrogens is 368 g/mol. The number of benzene rings is 1. The van der Waals surface area contributed by atoms with Gasteiger partial charge in [-0.1, -0.05) is 30.3 Å². The van der Waals surface area contributed by atoms with Crippen LogP contribution in [0.5, 0.6) is 0 Å². The molecule has 0 spiro atoms. The molecule has 0 aliphatic carbocycles. The Morgan fingerprint density at radius 3 is 2.73 bits per heavy atom. The SMILES string of the molecule is CCOC(=O)c1cc(-c2ccccc2)sc1NC(=S)Nc1cnccn1. The van der Waals surface area contributed by atoms with Gasteiger partial charge in [0, 0.05) is 17.3 Å². The molecule has 2 N–H and O–H groups in total. The Kier molecular flexibility index (Phi) is 5.88. The predicted molar refractivity (Wildman–Crippen MR) is 108 cm³/mol. The van der Waals surface area contributed by atoms with E-state index in [0.29, 0.717) is 28.1 Å². The fourth-order valence-electron chi connectivity index (χ4n) is 2.20. The summed E-state index contributed by atoms with van der Waals surface area (Å²) in [5, 5.41) is 6.93. The van der Waals surface area contributed by atoms with Gasteiger partial charge in [0.15, 0.2) is 10.9 Å². The van der Waals surface area contributed by atoms with Crippen molar-refractivity contribution in [2.75, 3.05) is 17.2 Å². The van der Waals surface area contributed by atoms with Crippen LogP contribution in [0.4, 0.5) is 10.8 Å². The number of thiocarbonyl (C=S) groups is 1. The molecule has 6 nitrogen and oxygen atoms in total. The third-order valence-electron chi connectivity index (χ3n) is 3.32. The number of rotatable bonds is 5. The van der Waals surface area contributed by atoms with Crippen molar-refractivity contribution in [3.05, 3.63) is 60.6 Å². The Labute approximate surface area is 160 Å². The van der Waals surface area contributed by atoms with Gasteiger partial charge in [-0.3, -0.25) is 4.98 Å². The number of esters is 1. The zero-order valence-electron chi connectivity index (χ0n) is 13.9. The molecule has 0 aliphatic rings. The molecule has 0 amide bonds. The van der Waals surface area contributed by atoms with E-state index >= 15 is 0 Å². The van der Waals surface area contributed by atoms with Gasteiger partial charge in [-0.25, -0.2) is 9.78 Å². The number of hydrogen-bond donors (Lipinski definition) is 2. The first kappa shape index (κ1) is 18.0. The van der Waals surface area contributed by atoms with Gasteiger partial charge >= 0.3 is 5.97 Å². The zero-order valence-corrected chi connectivity index (χ0v) is 15.6. The van der Waals surface area contributed by atoms with E-state index in [2.05, 4.69) is 20.6 Å². The van der Waals surface area contributed by atoms with Crippen molar-refractivity contribution in [1.82, 2.24) is 9.97 Å². The van der Waals surface area contributed by atoms with Crippen LogP contribution < -0.4 is 10.6 Å². The molecule has 0 aliphatic heterocycles. The minimum Gasteiger partial charge on any atom is -0.462 e.